The van der Waals surface area contributed by atoms with Gasteiger partial charge >= 0.3 is 0 Å². The van der Waals surface area contributed by atoms with Crippen molar-refractivity contribution < 1.29 is 38.5 Å². The van der Waals surface area contributed by atoms with Gasteiger partial charge in [0.05, 0.1) is 42.4 Å². The van der Waals surface area contributed by atoms with Crippen LogP contribution in [0.4, 0.5) is 5.69 Å². The van der Waals surface area contributed by atoms with Gasteiger partial charge in [-0.05, 0) is 108 Å². The minimum atomic E-state index is -0.702. The summed E-state index contributed by atoms with van der Waals surface area (Å²) in [6.45, 7) is 1.63. The van der Waals surface area contributed by atoms with E-state index in [2.05, 4.69) is 0 Å². The highest BCUT2D eigenvalue weighted by molar-refractivity contribution is 14.1. The van der Waals surface area contributed by atoms with Crippen LogP contribution in [0.2, 0.25) is 0 Å². The zero-order valence-corrected chi connectivity index (χ0v) is 30.0. The Morgan fingerprint density at radius 3 is 2.30 bits per heavy atom. The molecule has 9 nitrogen and oxygen atoms in total. The predicted octanol–water partition coefficient (Wildman–Crippen LogP) is 6.83. The summed E-state index contributed by atoms with van der Waals surface area (Å²) in [4.78, 5) is 56.8. The van der Waals surface area contributed by atoms with Gasteiger partial charge in [0.25, 0.3) is 0 Å². The highest BCUT2D eigenvalue weighted by atomic mass is 127. The van der Waals surface area contributed by atoms with E-state index in [4.69, 9.17) is 14.2 Å². The number of phenolic OH excluding ortho intramolecular Hbond substituents is 1. The molecular formula is C40H34INO8. The van der Waals surface area contributed by atoms with Crippen LogP contribution < -0.4 is 19.1 Å². The Balaban J connectivity index is 1.22. The number of nitrogens with zero attached hydrogens (tertiary/aromatic N) is 1. The number of benzene rings is 3. The smallest absolute Gasteiger partial charge is 0.238 e. The van der Waals surface area contributed by atoms with Gasteiger partial charge in [0.1, 0.15) is 11.5 Å². The van der Waals surface area contributed by atoms with Crippen LogP contribution >= 0.6 is 22.6 Å². The third-order valence-corrected chi connectivity index (χ3v) is 11.0. The van der Waals surface area contributed by atoms with Gasteiger partial charge in [-0.15, -0.1) is 0 Å². The molecule has 1 saturated heterocycles. The lowest BCUT2D eigenvalue weighted by atomic mass is 9.59. The molecule has 4 unspecified atom stereocenters. The molecular weight excluding hydrogens is 749 g/mol. The minimum Gasteiger partial charge on any atom is -0.504 e. The number of fused-ring (bicyclic) bond motifs is 3. The Hall–Kier alpha value is -4.97. The van der Waals surface area contributed by atoms with E-state index < -0.39 is 23.7 Å². The number of phenols is 1. The Morgan fingerprint density at radius 1 is 0.860 bits per heavy atom. The maximum absolute atomic E-state index is 14.3. The van der Waals surface area contributed by atoms with E-state index in [-0.39, 0.29) is 41.3 Å². The second-order valence-electron chi connectivity index (χ2n) is 12.8. The summed E-state index contributed by atoms with van der Waals surface area (Å²) in [5.41, 5.74) is 4.79. The molecule has 1 N–H and O–H groups in total. The summed E-state index contributed by atoms with van der Waals surface area (Å²) in [7, 11) is 4.66. The van der Waals surface area contributed by atoms with Gasteiger partial charge in [-0.1, -0.05) is 35.9 Å². The Kier molecular flexibility index (Phi) is 8.75. The lowest BCUT2D eigenvalue weighted by Crippen LogP contribution is -2.39. The van der Waals surface area contributed by atoms with E-state index >= 15 is 0 Å². The monoisotopic (exact) mass is 783 g/mol. The van der Waals surface area contributed by atoms with Gasteiger partial charge in [0, 0.05) is 28.2 Å². The van der Waals surface area contributed by atoms with Crippen LogP contribution in [-0.4, -0.2) is 49.8 Å². The standard InChI is InChI=1S/C40H34INO8/c1-20-15-31(43)29-19-28-26(34(36(29)37(20)44)23-17-30(41)38(45)33(18-23)50-4)12-13-27-35(28)40(47)42(39(27)46)24-9-6-21(7-10-24)5-8-22-16-25(48-2)11-14-32(22)49-3/h5-12,14-18,27-28,34-35,45H,13,19H2,1-4H3. The maximum atomic E-state index is 14.3. The second-order valence-corrected chi connectivity index (χ2v) is 14.0. The number of hydrogen-bond donors (Lipinski definition) is 1. The molecule has 7 rings (SSSR count). The van der Waals surface area contributed by atoms with E-state index in [0.29, 0.717) is 49.5 Å². The molecule has 1 aliphatic heterocycles. The van der Waals surface area contributed by atoms with Gasteiger partial charge in [0.2, 0.25) is 11.8 Å². The summed E-state index contributed by atoms with van der Waals surface area (Å²) in [6, 6.07) is 16.2. The summed E-state index contributed by atoms with van der Waals surface area (Å²) >= 11 is 2.01. The molecule has 50 heavy (non-hydrogen) atoms. The van der Waals surface area contributed by atoms with Crippen molar-refractivity contribution in [2.45, 2.75) is 25.7 Å². The first kappa shape index (κ1) is 33.5. The highest BCUT2D eigenvalue weighted by Crippen LogP contribution is 2.56. The number of amides is 2. The number of imide groups is 1. The number of Topliss-reactive ketones (excluding diaryl/α,β-unsaturated/α-hetero) is 1. The van der Waals surface area contributed by atoms with Gasteiger partial charge < -0.3 is 19.3 Å². The van der Waals surface area contributed by atoms with E-state index in [0.717, 1.165) is 16.7 Å². The zero-order valence-electron chi connectivity index (χ0n) is 27.9. The summed E-state index contributed by atoms with van der Waals surface area (Å²) < 4.78 is 16.8. The Morgan fingerprint density at radius 2 is 1.60 bits per heavy atom. The van der Waals surface area contributed by atoms with Crippen molar-refractivity contribution in [1.29, 1.82) is 0 Å². The third-order valence-electron chi connectivity index (χ3n) is 10.2. The number of ketones is 2. The second kappa shape index (κ2) is 13.1. The molecule has 2 amide bonds. The van der Waals surface area contributed by atoms with E-state index in [1.54, 1.807) is 45.4 Å². The van der Waals surface area contributed by atoms with E-state index in [1.807, 2.05) is 71.2 Å². The third kappa shape index (κ3) is 5.46. The molecule has 3 aromatic carbocycles. The molecule has 0 bridgehead atoms. The normalized spacial score (nSPS) is 23.0. The van der Waals surface area contributed by atoms with Gasteiger partial charge in [-0.3, -0.25) is 24.1 Å². The maximum Gasteiger partial charge on any atom is 0.238 e. The molecule has 0 spiro atoms. The van der Waals surface area contributed by atoms with Crippen LogP contribution in [0.5, 0.6) is 23.0 Å². The molecule has 4 aliphatic rings. The number of anilines is 1. The topological polar surface area (TPSA) is 119 Å². The number of ether oxygens (including phenoxy) is 3. The van der Waals surface area contributed by atoms with Crippen molar-refractivity contribution in [3.05, 3.63) is 109 Å². The molecule has 0 aromatic heterocycles. The molecule has 4 atom stereocenters. The molecule has 254 valence electrons. The van der Waals surface area contributed by atoms with Crippen molar-refractivity contribution in [1.82, 2.24) is 0 Å². The average Bonchev–Trinajstić information content (AvgIpc) is 3.38. The largest absolute Gasteiger partial charge is 0.504 e. The summed E-state index contributed by atoms with van der Waals surface area (Å²) in [6.07, 6.45) is 7.67. The molecule has 1 heterocycles. The first-order valence-electron chi connectivity index (χ1n) is 16.2. The van der Waals surface area contributed by atoms with E-state index in [1.165, 1.54) is 18.1 Å². The van der Waals surface area contributed by atoms with Crippen LogP contribution in [0.25, 0.3) is 12.2 Å². The van der Waals surface area contributed by atoms with Crippen molar-refractivity contribution in [2.75, 3.05) is 26.2 Å². The van der Waals surface area contributed by atoms with Crippen LogP contribution in [0, 0.1) is 21.3 Å². The van der Waals surface area contributed by atoms with Crippen LogP contribution in [-0.2, 0) is 19.2 Å². The van der Waals surface area contributed by atoms with Crippen molar-refractivity contribution >= 4 is 63.8 Å². The number of carbonyl (C=O) groups is 4. The fourth-order valence-corrected chi connectivity index (χ4v) is 8.43. The number of carbonyl (C=O) groups excluding carboxylic acids is 4. The minimum absolute atomic E-state index is 0.0213. The molecule has 1 fully saturated rings. The number of rotatable bonds is 7. The van der Waals surface area contributed by atoms with Crippen molar-refractivity contribution in [2.24, 2.45) is 17.8 Å². The lowest BCUT2D eigenvalue weighted by molar-refractivity contribution is -0.123. The Bertz CT molecular complexity index is 2110. The first-order valence-corrected chi connectivity index (χ1v) is 17.3. The molecule has 3 aromatic rings. The first-order chi connectivity index (χ1) is 24.1. The van der Waals surface area contributed by atoms with Gasteiger partial charge in [-0.25, -0.2) is 0 Å². The van der Waals surface area contributed by atoms with Crippen LogP contribution in [0.15, 0.2) is 89.0 Å². The Labute approximate surface area is 303 Å². The van der Waals surface area contributed by atoms with Crippen LogP contribution in [0.1, 0.15) is 42.4 Å². The predicted molar refractivity (Wildman–Crippen MR) is 196 cm³/mol. The van der Waals surface area contributed by atoms with E-state index in [9.17, 15) is 24.3 Å². The number of halogens is 1. The SMILES string of the molecule is COc1ccc(OC)c(C=Cc2ccc(N3C(=O)C4CC=C5C(c6cc(I)c(O)c(OC)c6)C6=C(CC5C4C3=O)C(=O)C=C(C)C6=O)cc2)c1. The van der Waals surface area contributed by atoms with Crippen molar-refractivity contribution in [3.63, 3.8) is 0 Å². The zero-order chi connectivity index (χ0) is 35.4. The van der Waals surface area contributed by atoms with Crippen LogP contribution in [0.3, 0.4) is 0 Å². The summed E-state index contributed by atoms with van der Waals surface area (Å²) in [5, 5.41) is 10.6. The average molecular weight is 784 g/mol. The number of hydrogen-bond acceptors (Lipinski definition) is 8. The lowest BCUT2D eigenvalue weighted by Gasteiger charge is -2.42. The number of aromatic hydroxyl groups is 1. The molecule has 3 aliphatic carbocycles. The highest BCUT2D eigenvalue weighted by Gasteiger charge is 2.56. The number of allylic oxidation sites excluding steroid dienone is 6. The molecule has 10 heteroatoms. The van der Waals surface area contributed by atoms with Crippen molar-refractivity contribution in [3.8, 4) is 23.0 Å². The molecule has 0 radical (unpaired) electrons. The fourth-order valence-electron chi connectivity index (χ4n) is 7.80. The fraction of sp³-hybridized carbons (Fsp3) is 0.250. The molecule has 0 saturated carbocycles. The summed E-state index contributed by atoms with van der Waals surface area (Å²) in [5.74, 6) is -1.87. The number of methoxy groups -OCH3 is 3. The quantitative estimate of drug-likeness (QED) is 0.0912. The van der Waals surface area contributed by atoms with Gasteiger partial charge in [0.15, 0.2) is 23.1 Å². The van der Waals surface area contributed by atoms with Gasteiger partial charge in [-0.2, -0.15) is 0 Å².